The Hall–Kier alpha value is -2.38. The van der Waals surface area contributed by atoms with Gasteiger partial charge in [-0.25, -0.2) is 0 Å². The van der Waals surface area contributed by atoms with Crippen LogP contribution in [0.25, 0.3) is 21.9 Å². The minimum Gasteiger partial charge on any atom is -0.490 e. The third-order valence-electron chi connectivity index (χ3n) is 6.12. The molecule has 2 fully saturated rings. The number of ether oxygens (including phenoxy) is 2. The summed E-state index contributed by atoms with van der Waals surface area (Å²) in [7, 11) is 0. The number of nitrogens with zero attached hydrogens (tertiary/aromatic N) is 2. The van der Waals surface area contributed by atoms with Gasteiger partial charge in [-0.05, 0) is 29.1 Å². The van der Waals surface area contributed by atoms with Gasteiger partial charge in [0.1, 0.15) is 18.5 Å². The molecule has 1 atom stereocenters. The van der Waals surface area contributed by atoms with Crippen molar-refractivity contribution in [2.75, 3.05) is 52.5 Å². The van der Waals surface area contributed by atoms with Crippen LogP contribution in [-0.2, 0) is 4.74 Å². The van der Waals surface area contributed by atoms with Crippen LogP contribution in [0.4, 0.5) is 0 Å². The van der Waals surface area contributed by atoms with Crippen molar-refractivity contribution >= 4 is 10.8 Å². The van der Waals surface area contributed by atoms with Crippen molar-refractivity contribution < 1.29 is 19.0 Å². The van der Waals surface area contributed by atoms with Gasteiger partial charge in [-0.2, -0.15) is 0 Å². The normalized spacial score (nSPS) is 19.6. The lowest BCUT2D eigenvalue weighted by atomic mass is 9.99. The molecule has 2 aromatic carbocycles. The Labute approximate surface area is 176 Å². The molecule has 6 heteroatoms. The highest BCUT2D eigenvalue weighted by molar-refractivity contribution is 5.99. The van der Waals surface area contributed by atoms with Gasteiger partial charge in [0.25, 0.3) is 0 Å². The third-order valence-corrected chi connectivity index (χ3v) is 6.12. The Bertz CT molecular complexity index is 963. The number of rotatable bonds is 7. The number of fused-ring (bicyclic) bond motifs is 1. The van der Waals surface area contributed by atoms with Crippen LogP contribution in [0.2, 0.25) is 0 Å². The number of hydrogen-bond acceptors (Lipinski definition) is 6. The summed E-state index contributed by atoms with van der Waals surface area (Å²) >= 11 is 0. The van der Waals surface area contributed by atoms with Crippen molar-refractivity contribution in [3.8, 4) is 16.9 Å². The van der Waals surface area contributed by atoms with Crippen molar-refractivity contribution in [3.63, 3.8) is 0 Å². The minimum absolute atomic E-state index is 0.285. The van der Waals surface area contributed by atoms with Gasteiger partial charge in [0, 0.05) is 49.7 Å². The van der Waals surface area contributed by atoms with Gasteiger partial charge >= 0.3 is 0 Å². The summed E-state index contributed by atoms with van der Waals surface area (Å²) in [6.07, 6.45) is 2.93. The predicted molar refractivity (Wildman–Crippen MR) is 116 cm³/mol. The summed E-state index contributed by atoms with van der Waals surface area (Å²) in [6.45, 7) is 6.66. The molecule has 5 rings (SSSR count). The number of morpholine rings is 1. The van der Waals surface area contributed by atoms with E-state index in [-0.39, 0.29) is 6.61 Å². The van der Waals surface area contributed by atoms with Gasteiger partial charge in [-0.1, -0.05) is 24.3 Å². The summed E-state index contributed by atoms with van der Waals surface area (Å²) in [4.78, 5) is 4.80. The van der Waals surface area contributed by atoms with Gasteiger partial charge < -0.3 is 19.0 Å². The van der Waals surface area contributed by atoms with Crippen LogP contribution < -0.4 is 4.74 Å². The zero-order chi connectivity index (χ0) is 20.3. The van der Waals surface area contributed by atoms with Gasteiger partial charge in [-0.15, -0.1) is 0 Å². The molecule has 0 radical (unpaired) electrons. The van der Waals surface area contributed by atoms with E-state index in [2.05, 4.69) is 28.0 Å². The highest BCUT2D eigenvalue weighted by atomic mass is 16.5. The zero-order valence-electron chi connectivity index (χ0n) is 17.1. The highest BCUT2D eigenvalue weighted by Gasteiger charge is 2.33. The number of aliphatic hydroxyl groups excluding tert-OH is 1. The van der Waals surface area contributed by atoms with Gasteiger partial charge in [-0.3, -0.25) is 9.80 Å². The van der Waals surface area contributed by atoms with E-state index in [0.717, 1.165) is 67.0 Å². The lowest BCUT2D eigenvalue weighted by Gasteiger charge is -2.47. The van der Waals surface area contributed by atoms with Crippen molar-refractivity contribution in [1.29, 1.82) is 0 Å². The maximum atomic E-state index is 10.5. The molecule has 0 spiro atoms. The fourth-order valence-electron chi connectivity index (χ4n) is 4.47. The molecule has 0 bridgehead atoms. The molecule has 2 aliphatic heterocycles. The molecule has 2 aliphatic rings. The molecule has 0 amide bonds. The first-order valence-corrected chi connectivity index (χ1v) is 10.7. The number of likely N-dealkylation sites (tertiary alicyclic amines) is 1. The zero-order valence-corrected chi connectivity index (χ0v) is 17.1. The number of benzene rings is 2. The molecule has 30 heavy (non-hydrogen) atoms. The Morgan fingerprint density at radius 2 is 1.83 bits per heavy atom. The van der Waals surface area contributed by atoms with Crippen LogP contribution in [0, 0.1) is 0 Å². The topological polar surface area (TPSA) is 58.3 Å². The predicted octanol–water partition coefficient (Wildman–Crippen LogP) is 2.86. The quantitative estimate of drug-likeness (QED) is 0.649. The standard InChI is InChI=1S/C24H28N2O4/c27-20(15-25-13-19(14-25)26-8-11-28-12-9-26)17-30-24-6-5-21(18-7-10-29-16-18)22-3-1-2-4-23(22)24/h1-7,10,16,19-20,27H,8-9,11-15,17H2. The molecule has 3 aromatic rings. The molecular weight excluding hydrogens is 380 g/mol. The lowest BCUT2D eigenvalue weighted by Crippen LogP contribution is -2.62. The summed E-state index contributed by atoms with van der Waals surface area (Å²) < 4.78 is 16.7. The summed E-state index contributed by atoms with van der Waals surface area (Å²) in [5.74, 6) is 0.798. The number of furan rings is 1. The number of β-amino-alcohol motifs (C(OH)–C–C–N with tert-alkyl or cyclic N) is 1. The van der Waals surface area contributed by atoms with Crippen LogP contribution in [0.1, 0.15) is 0 Å². The van der Waals surface area contributed by atoms with E-state index in [1.807, 2.05) is 24.3 Å². The molecular formula is C24H28N2O4. The average molecular weight is 408 g/mol. The molecule has 0 saturated carbocycles. The summed E-state index contributed by atoms with van der Waals surface area (Å²) in [6, 6.07) is 14.8. The van der Waals surface area contributed by atoms with Crippen LogP contribution >= 0.6 is 0 Å². The first-order valence-electron chi connectivity index (χ1n) is 10.7. The molecule has 1 unspecified atom stereocenters. The molecule has 2 saturated heterocycles. The van der Waals surface area contributed by atoms with E-state index in [4.69, 9.17) is 13.9 Å². The number of aliphatic hydroxyl groups is 1. The van der Waals surface area contributed by atoms with E-state index in [1.165, 1.54) is 0 Å². The highest BCUT2D eigenvalue weighted by Crippen LogP contribution is 2.34. The van der Waals surface area contributed by atoms with Crippen molar-refractivity contribution in [2.24, 2.45) is 0 Å². The van der Waals surface area contributed by atoms with Crippen LogP contribution in [0.5, 0.6) is 5.75 Å². The second-order valence-corrected chi connectivity index (χ2v) is 8.15. The SMILES string of the molecule is OC(COc1ccc(-c2ccoc2)c2ccccc12)CN1CC(N2CCOCC2)C1. The second-order valence-electron chi connectivity index (χ2n) is 8.15. The molecule has 3 heterocycles. The van der Waals surface area contributed by atoms with Crippen molar-refractivity contribution in [2.45, 2.75) is 12.1 Å². The van der Waals surface area contributed by atoms with Crippen LogP contribution in [0.15, 0.2) is 59.4 Å². The van der Waals surface area contributed by atoms with E-state index >= 15 is 0 Å². The first kappa shape index (κ1) is 19.6. The first-order chi connectivity index (χ1) is 14.8. The van der Waals surface area contributed by atoms with E-state index in [0.29, 0.717) is 12.6 Å². The molecule has 158 valence electrons. The van der Waals surface area contributed by atoms with E-state index in [1.54, 1.807) is 12.5 Å². The minimum atomic E-state index is -0.511. The Morgan fingerprint density at radius 3 is 2.60 bits per heavy atom. The second kappa shape index (κ2) is 8.78. The largest absolute Gasteiger partial charge is 0.490 e. The maximum Gasteiger partial charge on any atom is 0.127 e. The summed E-state index contributed by atoms with van der Waals surface area (Å²) in [5.41, 5.74) is 2.16. The Balaban J connectivity index is 1.18. The Kier molecular flexibility index (Phi) is 5.73. The van der Waals surface area contributed by atoms with Gasteiger partial charge in [0.2, 0.25) is 0 Å². The monoisotopic (exact) mass is 408 g/mol. The van der Waals surface area contributed by atoms with E-state index < -0.39 is 6.10 Å². The van der Waals surface area contributed by atoms with Crippen LogP contribution in [0.3, 0.4) is 0 Å². The fourth-order valence-corrected chi connectivity index (χ4v) is 4.47. The fraction of sp³-hybridized carbons (Fsp3) is 0.417. The smallest absolute Gasteiger partial charge is 0.127 e. The lowest BCUT2D eigenvalue weighted by molar-refractivity contribution is -0.0461. The van der Waals surface area contributed by atoms with Gasteiger partial charge in [0.15, 0.2) is 0 Å². The molecule has 6 nitrogen and oxygen atoms in total. The van der Waals surface area contributed by atoms with Crippen LogP contribution in [-0.4, -0.2) is 79.6 Å². The average Bonchev–Trinajstić information content (AvgIpc) is 3.29. The summed E-state index contributed by atoms with van der Waals surface area (Å²) in [5, 5.41) is 12.7. The third kappa shape index (κ3) is 4.09. The number of hydrogen-bond donors (Lipinski definition) is 1. The molecule has 1 N–H and O–H groups in total. The Morgan fingerprint density at radius 1 is 1.03 bits per heavy atom. The molecule has 0 aliphatic carbocycles. The molecule has 1 aromatic heterocycles. The van der Waals surface area contributed by atoms with Crippen molar-refractivity contribution in [3.05, 3.63) is 55.0 Å². The van der Waals surface area contributed by atoms with Crippen molar-refractivity contribution in [1.82, 2.24) is 9.80 Å². The maximum absolute atomic E-state index is 10.5. The van der Waals surface area contributed by atoms with Gasteiger partial charge in [0.05, 0.1) is 25.7 Å². The van der Waals surface area contributed by atoms with E-state index in [9.17, 15) is 5.11 Å².